The van der Waals surface area contributed by atoms with Gasteiger partial charge in [-0.25, -0.2) is 5.01 Å². The Morgan fingerprint density at radius 1 is 1.12 bits per heavy atom. The lowest BCUT2D eigenvalue weighted by Gasteiger charge is -2.29. The Labute approximate surface area is 103 Å². The fourth-order valence-corrected chi connectivity index (χ4v) is 1.69. The molecule has 17 heavy (non-hydrogen) atoms. The van der Waals surface area contributed by atoms with E-state index < -0.39 is 11.8 Å². The predicted molar refractivity (Wildman–Crippen MR) is 66.7 cm³/mol. The van der Waals surface area contributed by atoms with Gasteiger partial charge in [-0.3, -0.25) is 9.59 Å². The van der Waals surface area contributed by atoms with Gasteiger partial charge in [0.05, 0.1) is 5.69 Å². The van der Waals surface area contributed by atoms with Crippen LogP contribution in [-0.2, 0) is 9.59 Å². The van der Waals surface area contributed by atoms with Gasteiger partial charge in [0.25, 0.3) is 11.8 Å². The zero-order valence-corrected chi connectivity index (χ0v) is 9.55. The first-order chi connectivity index (χ1) is 8.11. The molecule has 0 radical (unpaired) electrons. The lowest BCUT2D eigenvalue weighted by Crippen LogP contribution is -2.52. The summed E-state index contributed by atoms with van der Waals surface area (Å²) in [5, 5.41) is 2.04. The Morgan fingerprint density at radius 2 is 1.65 bits per heavy atom. The molecule has 0 spiro atoms. The minimum atomic E-state index is -0.466. The predicted octanol–water partition coefficient (Wildman–Crippen LogP) is 0.577. The molecular formula is C11H9N3O2S. The van der Waals surface area contributed by atoms with E-state index in [1.165, 1.54) is 17.2 Å². The van der Waals surface area contributed by atoms with Crippen LogP contribution in [0.4, 0.5) is 5.69 Å². The maximum absolute atomic E-state index is 11.6. The highest BCUT2D eigenvalue weighted by Crippen LogP contribution is 2.18. The molecule has 6 heteroatoms. The Hall–Kier alpha value is -2.21. The lowest BCUT2D eigenvalue weighted by molar-refractivity contribution is -0.136. The average Bonchev–Trinajstić information content (AvgIpc) is 2.62. The minimum Gasteiger partial charge on any atom is -0.374 e. The molecule has 0 unspecified atom stereocenters. The molecule has 2 rings (SSSR count). The standard InChI is InChI=1S/C11H9N3O2S/c12-11(17)13(8-4-2-1-3-5-8)14-9(15)6-7-10(14)16/h1-7H,(H2,12,17). The minimum absolute atomic E-state index is 0.0680. The van der Waals surface area contributed by atoms with Gasteiger partial charge in [-0.1, -0.05) is 18.2 Å². The Kier molecular flexibility index (Phi) is 2.88. The van der Waals surface area contributed by atoms with E-state index in [9.17, 15) is 9.59 Å². The van der Waals surface area contributed by atoms with Gasteiger partial charge in [-0.2, -0.15) is 5.01 Å². The molecule has 86 valence electrons. The number of rotatable bonds is 2. The van der Waals surface area contributed by atoms with Crippen LogP contribution >= 0.6 is 12.2 Å². The summed E-state index contributed by atoms with van der Waals surface area (Å²) in [6.07, 6.45) is 2.35. The zero-order valence-electron chi connectivity index (χ0n) is 8.74. The molecule has 1 aliphatic rings. The van der Waals surface area contributed by atoms with Crippen LogP contribution in [0, 0.1) is 0 Å². The third-order valence-corrected chi connectivity index (χ3v) is 2.37. The molecule has 0 bridgehead atoms. The van der Waals surface area contributed by atoms with Crippen molar-refractivity contribution in [2.75, 3.05) is 5.01 Å². The molecule has 0 aromatic heterocycles. The lowest BCUT2D eigenvalue weighted by atomic mass is 10.3. The van der Waals surface area contributed by atoms with Crippen molar-refractivity contribution in [3.63, 3.8) is 0 Å². The first-order valence-electron chi connectivity index (χ1n) is 4.82. The van der Waals surface area contributed by atoms with Crippen molar-refractivity contribution in [1.82, 2.24) is 5.01 Å². The summed E-state index contributed by atoms with van der Waals surface area (Å²) in [7, 11) is 0. The number of benzene rings is 1. The Morgan fingerprint density at radius 3 is 2.12 bits per heavy atom. The van der Waals surface area contributed by atoms with E-state index in [0.29, 0.717) is 5.69 Å². The van der Waals surface area contributed by atoms with Crippen molar-refractivity contribution < 1.29 is 9.59 Å². The highest BCUT2D eigenvalue weighted by molar-refractivity contribution is 7.80. The second-order valence-corrected chi connectivity index (χ2v) is 3.73. The molecule has 0 saturated carbocycles. The summed E-state index contributed by atoms with van der Waals surface area (Å²) >= 11 is 4.87. The van der Waals surface area contributed by atoms with Crippen LogP contribution in [0.3, 0.4) is 0 Å². The molecule has 1 heterocycles. The fraction of sp³-hybridized carbons (Fsp3) is 0. The van der Waals surface area contributed by atoms with E-state index in [4.69, 9.17) is 18.0 Å². The number of nitrogens with zero attached hydrogens (tertiary/aromatic N) is 2. The number of hydrogen-bond acceptors (Lipinski definition) is 3. The molecule has 2 amide bonds. The van der Waals surface area contributed by atoms with Crippen LogP contribution in [0.5, 0.6) is 0 Å². The zero-order chi connectivity index (χ0) is 12.4. The molecule has 0 atom stereocenters. The van der Waals surface area contributed by atoms with Gasteiger partial charge < -0.3 is 5.73 Å². The number of carbonyl (C=O) groups excluding carboxylic acids is 2. The van der Waals surface area contributed by atoms with E-state index >= 15 is 0 Å². The van der Waals surface area contributed by atoms with Gasteiger partial charge >= 0.3 is 0 Å². The van der Waals surface area contributed by atoms with Crippen molar-refractivity contribution in [2.45, 2.75) is 0 Å². The van der Waals surface area contributed by atoms with Crippen LogP contribution in [0.15, 0.2) is 42.5 Å². The number of para-hydroxylation sites is 1. The maximum atomic E-state index is 11.6. The Balaban J connectivity index is 2.41. The van der Waals surface area contributed by atoms with Crippen molar-refractivity contribution in [3.05, 3.63) is 42.5 Å². The topological polar surface area (TPSA) is 66.6 Å². The molecular weight excluding hydrogens is 238 g/mol. The van der Waals surface area contributed by atoms with Crippen LogP contribution in [0.25, 0.3) is 0 Å². The third kappa shape index (κ3) is 2.02. The summed E-state index contributed by atoms with van der Waals surface area (Å²) in [6, 6.07) is 8.75. The van der Waals surface area contributed by atoms with E-state index in [1.807, 2.05) is 6.07 Å². The molecule has 5 nitrogen and oxygen atoms in total. The first kappa shape index (κ1) is 11.3. The number of imide groups is 1. The molecule has 1 aliphatic heterocycles. The van der Waals surface area contributed by atoms with Crippen LogP contribution in [-0.4, -0.2) is 21.9 Å². The average molecular weight is 247 g/mol. The van der Waals surface area contributed by atoms with Gasteiger partial charge in [0, 0.05) is 12.2 Å². The summed E-state index contributed by atoms with van der Waals surface area (Å²) < 4.78 is 0. The summed E-state index contributed by atoms with van der Waals surface area (Å²) in [6.45, 7) is 0. The fourth-order valence-electron chi connectivity index (χ4n) is 1.50. The van der Waals surface area contributed by atoms with Crippen LogP contribution in [0.2, 0.25) is 0 Å². The largest absolute Gasteiger partial charge is 0.374 e. The van der Waals surface area contributed by atoms with Crippen molar-refractivity contribution >= 4 is 34.8 Å². The second-order valence-electron chi connectivity index (χ2n) is 3.31. The smallest absolute Gasteiger partial charge is 0.273 e. The van der Waals surface area contributed by atoms with Gasteiger partial charge in [0.2, 0.25) is 0 Å². The van der Waals surface area contributed by atoms with Crippen LogP contribution in [0.1, 0.15) is 0 Å². The molecule has 0 fully saturated rings. The molecule has 1 aromatic rings. The van der Waals surface area contributed by atoms with Crippen molar-refractivity contribution in [3.8, 4) is 0 Å². The molecule has 0 saturated heterocycles. The van der Waals surface area contributed by atoms with E-state index in [2.05, 4.69) is 0 Å². The van der Waals surface area contributed by atoms with E-state index in [1.54, 1.807) is 24.3 Å². The van der Waals surface area contributed by atoms with Gasteiger partial charge in [0.15, 0.2) is 5.11 Å². The van der Waals surface area contributed by atoms with Gasteiger partial charge in [0.1, 0.15) is 0 Å². The first-order valence-corrected chi connectivity index (χ1v) is 5.23. The van der Waals surface area contributed by atoms with Gasteiger partial charge in [-0.15, -0.1) is 0 Å². The van der Waals surface area contributed by atoms with Crippen LogP contribution < -0.4 is 10.7 Å². The molecule has 2 N–H and O–H groups in total. The number of thiocarbonyl (C=S) groups is 1. The van der Waals surface area contributed by atoms with Crippen molar-refractivity contribution in [1.29, 1.82) is 0 Å². The number of nitrogens with two attached hydrogens (primary N) is 1. The number of hydrogen-bond donors (Lipinski definition) is 1. The summed E-state index contributed by atoms with van der Waals surface area (Å²) in [5.41, 5.74) is 6.12. The van der Waals surface area contributed by atoms with Gasteiger partial charge in [-0.05, 0) is 24.4 Å². The quantitative estimate of drug-likeness (QED) is 0.611. The number of carbonyl (C=O) groups is 2. The Bertz CT molecular complexity index is 495. The van der Waals surface area contributed by atoms with E-state index in [-0.39, 0.29) is 5.11 Å². The highest BCUT2D eigenvalue weighted by atomic mass is 32.1. The van der Waals surface area contributed by atoms with Crippen molar-refractivity contribution in [2.24, 2.45) is 5.73 Å². The number of anilines is 1. The normalized spacial score (nSPS) is 14.2. The maximum Gasteiger partial charge on any atom is 0.273 e. The summed E-state index contributed by atoms with van der Waals surface area (Å²) in [4.78, 5) is 23.1. The second kappa shape index (κ2) is 4.34. The number of amides is 2. The SMILES string of the molecule is NC(=S)N(c1ccccc1)N1C(=O)C=CC1=O. The number of hydrazine groups is 1. The molecule has 1 aromatic carbocycles. The van der Waals surface area contributed by atoms with E-state index in [0.717, 1.165) is 5.01 Å². The molecule has 0 aliphatic carbocycles. The monoisotopic (exact) mass is 247 g/mol. The summed E-state index contributed by atoms with van der Waals surface area (Å²) in [5.74, 6) is -0.932. The highest BCUT2D eigenvalue weighted by Gasteiger charge is 2.31. The third-order valence-electron chi connectivity index (χ3n) is 2.20.